The number of likely N-dealkylation sites (N-methyl/N-ethyl adjacent to an activating group) is 1. The highest BCUT2D eigenvalue weighted by atomic mass is 16.2. The zero-order chi connectivity index (χ0) is 17.3. The molecule has 0 bridgehead atoms. The molecule has 2 fully saturated rings. The van der Waals surface area contributed by atoms with Gasteiger partial charge in [-0.3, -0.25) is 9.48 Å². The molecule has 3 amide bonds. The van der Waals surface area contributed by atoms with Crippen LogP contribution in [0.4, 0.5) is 10.5 Å². The molecule has 1 aromatic heterocycles. The summed E-state index contributed by atoms with van der Waals surface area (Å²) >= 11 is 0. The van der Waals surface area contributed by atoms with Gasteiger partial charge in [-0.1, -0.05) is 6.08 Å². The molecule has 1 aliphatic carbocycles. The van der Waals surface area contributed by atoms with E-state index >= 15 is 0 Å². The van der Waals surface area contributed by atoms with Crippen LogP contribution in [0.2, 0.25) is 0 Å². The lowest BCUT2D eigenvalue weighted by molar-refractivity contribution is -0.130. The first-order valence-electron chi connectivity index (χ1n) is 8.49. The second-order valence-electron chi connectivity index (χ2n) is 6.71. The van der Waals surface area contributed by atoms with Crippen molar-refractivity contribution in [1.82, 2.24) is 19.6 Å². The van der Waals surface area contributed by atoms with E-state index in [1.807, 2.05) is 10.9 Å². The van der Waals surface area contributed by atoms with Gasteiger partial charge < -0.3 is 15.1 Å². The number of anilines is 1. The normalized spacial score (nSPS) is 21.7. The highest BCUT2D eigenvalue weighted by molar-refractivity contribution is 5.94. The molecule has 7 heteroatoms. The van der Waals surface area contributed by atoms with Crippen LogP contribution in [0.15, 0.2) is 25.0 Å². The van der Waals surface area contributed by atoms with Crippen LogP contribution >= 0.6 is 0 Å². The van der Waals surface area contributed by atoms with Crippen molar-refractivity contribution >= 4 is 17.6 Å². The Labute approximate surface area is 142 Å². The number of hydrogen-bond acceptors (Lipinski definition) is 3. The van der Waals surface area contributed by atoms with Crippen molar-refractivity contribution in [3.8, 4) is 0 Å². The number of urea groups is 1. The summed E-state index contributed by atoms with van der Waals surface area (Å²) in [6, 6.07) is -0.338. The molecule has 1 aromatic rings. The Kier molecular flexibility index (Phi) is 4.59. The highest BCUT2D eigenvalue weighted by Gasteiger charge is 2.36. The minimum Gasteiger partial charge on any atom is -0.337 e. The molecule has 1 saturated carbocycles. The zero-order valence-electron chi connectivity index (χ0n) is 14.3. The third kappa shape index (κ3) is 3.29. The number of carbonyl (C=O) groups is 2. The van der Waals surface area contributed by atoms with Gasteiger partial charge in [-0.25, -0.2) is 4.79 Å². The van der Waals surface area contributed by atoms with Gasteiger partial charge in [0.15, 0.2) is 0 Å². The van der Waals surface area contributed by atoms with E-state index < -0.39 is 6.04 Å². The Morgan fingerprint density at radius 2 is 2.29 bits per heavy atom. The van der Waals surface area contributed by atoms with Crippen LogP contribution in [0.1, 0.15) is 32.2 Å². The summed E-state index contributed by atoms with van der Waals surface area (Å²) in [5.41, 5.74) is 0.660. The second-order valence-corrected chi connectivity index (χ2v) is 6.71. The molecule has 2 atom stereocenters. The Balaban J connectivity index is 1.58. The van der Waals surface area contributed by atoms with E-state index in [-0.39, 0.29) is 11.9 Å². The summed E-state index contributed by atoms with van der Waals surface area (Å²) < 4.78 is 1.90. The molecule has 1 aliphatic heterocycles. The monoisotopic (exact) mass is 331 g/mol. The molecular weight excluding hydrogens is 306 g/mol. The third-order valence-electron chi connectivity index (χ3n) is 4.98. The number of rotatable bonds is 6. The first kappa shape index (κ1) is 16.5. The van der Waals surface area contributed by atoms with Gasteiger partial charge in [0.05, 0.1) is 17.9 Å². The molecule has 0 spiro atoms. The van der Waals surface area contributed by atoms with Crippen LogP contribution in [0.5, 0.6) is 0 Å². The van der Waals surface area contributed by atoms with Crippen LogP contribution in [0, 0.1) is 5.92 Å². The minimum absolute atomic E-state index is 0.0226. The fraction of sp³-hybridized carbons (Fsp3) is 0.588. The number of amides is 3. The van der Waals surface area contributed by atoms with Crippen molar-refractivity contribution in [2.45, 2.75) is 38.3 Å². The van der Waals surface area contributed by atoms with Crippen molar-refractivity contribution in [2.75, 3.05) is 25.5 Å². The molecule has 0 radical (unpaired) electrons. The maximum atomic E-state index is 12.4. The molecule has 0 aromatic carbocycles. The number of nitrogens with zero attached hydrogens (tertiary/aromatic N) is 4. The lowest BCUT2D eigenvalue weighted by Crippen LogP contribution is -2.44. The fourth-order valence-corrected chi connectivity index (χ4v) is 3.19. The molecule has 3 rings (SSSR count). The average Bonchev–Trinajstić information content (AvgIpc) is 3.22. The van der Waals surface area contributed by atoms with Gasteiger partial charge in [0.2, 0.25) is 5.91 Å². The van der Waals surface area contributed by atoms with E-state index in [2.05, 4.69) is 23.9 Å². The molecule has 1 N–H and O–H groups in total. The second kappa shape index (κ2) is 6.67. The number of carbonyl (C=O) groups excluding carboxylic acids is 2. The van der Waals surface area contributed by atoms with E-state index in [1.54, 1.807) is 24.2 Å². The van der Waals surface area contributed by atoms with Gasteiger partial charge in [-0.05, 0) is 32.1 Å². The Hall–Kier alpha value is -2.31. The quantitative estimate of drug-likeness (QED) is 0.812. The first-order chi connectivity index (χ1) is 11.5. The number of likely N-dealkylation sites (tertiary alicyclic amines) is 1. The maximum absolute atomic E-state index is 12.4. The predicted octanol–water partition coefficient (Wildman–Crippen LogP) is 2.10. The van der Waals surface area contributed by atoms with Crippen LogP contribution in [-0.4, -0.2) is 57.7 Å². The molecule has 0 unspecified atom stereocenters. The van der Waals surface area contributed by atoms with Gasteiger partial charge in [-0.15, -0.1) is 6.58 Å². The van der Waals surface area contributed by atoms with Gasteiger partial charge in [0, 0.05) is 26.3 Å². The molecule has 7 nitrogen and oxygen atoms in total. The summed E-state index contributed by atoms with van der Waals surface area (Å²) in [6.45, 7) is 6.98. The third-order valence-corrected chi connectivity index (χ3v) is 4.98. The molecule has 1 saturated heterocycles. The largest absolute Gasteiger partial charge is 0.337 e. The van der Waals surface area contributed by atoms with Crippen molar-refractivity contribution in [1.29, 1.82) is 0 Å². The summed E-state index contributed by atoms with van der Waals surface area (Å²) in [4.78, 5) is 27.9. The van der Waals surface area contributed by atoms with E-state index in [4.69, 9.17) is 0 Å². The molecule has 2 heterocycles. The van der Waals surface area contributed by atoms with Crippen LogP contribution in [0.3, 0.4) is 0 Å². The van der Waals surface area contributed by atoms with Crippen LogP contribution < -0.4 is 5.32 Å². The van der Waals surface area contributed by atoms with E-state index in [9.17, 15) is 9.59 Å². The number of aromatic nitrogens is 2. The topological polar surface area (TPSA) is 70.5 Å². The lowest BCUT2D eigenvalue weighted by atomic mass is 10.2. The van der Waals surface area contributed by atoms with Gasteiger partial charge in [0.1, 0.15) is 6.04 Å². The van der Waals surface area contributed by atoms with Crippen molar-refractivity contribution in [2.24, 2.45) is 5.92 Å². The van der Waals surface area contributed by atoms with Crippen LogP contribution in [-0.2, 0) is 4.79 Å². The Morgan fingerprint density at radius 1 is 1.54 bits per heavy atom. The van der Waals surface area contributed by atoms with E-state index in [1.165, 1.54) is 17.7 Å². The predicted molar refractivity (Wildman–Crippen MR) is 91.6 cm³/mol. The summed E-state index contributed by atoms with van der Waals surface area (Å²) in [5, 5.41) is 7.17. The lowest BCUT2D eigenvalue weighted by Gasteiger charge is -2.23. The molecule has 2 aliphatic rings. The maximum Gasteiger partial charge on any atom is 0.322 e. The minimum atomic E-state index is -0.412. The standard InChI is InChI=1S/C17H25N5O2/c1-4-8-21-9-7-15(16(21)23)20(3)17(24)19-14-10-18-22(11-14)12(2)13-5-6-13/h4,10-13,15H,1,5-9H2,2-3H3,(H,19,24)/t12-,15-/m0/s1. The molecular formula is C17H25N5O2. The highest BCUT2D eigenvalue weighted by Crippen LogP contribution is 2.39. The Morgan fingerprint density at radius 3 is 2.96 bits per heavy atom. The zero-order valence-corrected chi connectivity index (χ0v) is 14.3. The first-order valence-corrected chi connectivity index (χ1v) is 8.49. The average molecular weight is 331 g/mol. The smallest absolute Gasteiger partial charge is 0.322 e. The Bertz CT molecular complexity index is 637. The van der Waals surface area contributed by atoms with Crippen molar-refractivity contribution in [3.63, 3.8) is 0 Å². The van der Waals surface area contributed by atoms with Gasteiger partial charge in [0.25, 0.3) is 0 Å². The molecule has 130 valence electrons. The SMILES string of the molecule is C=CCN1CC[C@H](N(C)C(=O)Nc2cnn([C@@H](C)C3CC3)c2)C1=O. The summed E-state index contributed by atoms with van der Waals surface area (Å²) in [7, 11) is 1.66. The fourth-order valence-electron chi connectivity index (χ4n) is 3.19. The summed E-state index contributed by atoms with van der Waals surface area (Å²) in [5.74, 6) is 0.675. The summed E-state index contributed by atoms with van der Waals surface area (Å²) in [6.07, 6.45) is 8.36. The van der Waals surface area contributed by atoms with E-state index in [0.717, 1.165) is 0 Å². The van der Waals surface area contributed by atoms with Gasteiger partial charge in [-0.2, -0.15) is 5.10 Å². The van der Waals surface area contributed by atoms with Crippen LogP contribution in [0.25, 0.3) is 0 Å². The van der Waals surface area contributed by atoms with Gasteiger partial charge >= 0.3 is 6.03 Å². The number of hydrogen-bond donors (Lipinski definition) is 1. The number of nitrogens with one attached hydrogen (secondary N) is 1. The van der Waals surface area contributed by atoms with E-state index in [0.29, 0.717) is 37.2 Å². The van der Waals surface area contributed by atoms with Crippen molar-refractivity contribution in [3.05, 3.63) is 25.0 Å². The van der Waals surface area contributed by atoms with Crippen molar-refractivity contribution < 1.29 is 9.59 Å². The molecule has 24 heavy (non-hydrogen) atoms.